The van der Waals surface area contributed by atoms with Crippen LogP contribution in [0, 0.1) is 6.92 Å². The molecule has 1 aromatic heterocycles. The number of fused-ring (bicyclic) bond motifs is 1. The number of hydrogen-bond donors (Lipinski definition) is 0. The van der Waals surface area contributed by atoms with Gasteiger partial charge in [-0.2, -0.15) is 8.61 Å². The van der Waals surface area contributed by atoms with Gasteiger partial charge in [0, 0.05) is 32.2 Å². The van der Waals surface area contributed by atoms with E-state index in [0.29, 0.717) is 10.2 Å². The van der Waals surface area contributed by atoms with Crippen LogP contribution in [0.2, 0.25) is 0 Å². The predicted octanol–water partition coefficient (Wildman–Crippen LogP) is 2.65. The van der Waals surface area contributed by atoms with E-state index in [4.69, 9.17) is 0 Å². The van der Waals surface area contributed by atoms with Crippen LogP contribution in [0.15, 0.2) is 57.1 Å². The quantitative estimate of drug-likeness (QED) is 0.542. The second-order valence-electron chi connectivity index (χ2n) is 8.08. The Morgan fingerprint density at radius 2 is 1.31 bits per heavy atom. The molecule has 3 aromatic rings. The van der Waals surface area contributed by atoms with Gasteiger partial charge in [0.15, 0.2) is 0 Å². The molecule has 172 valence electrons. The van der Waals surface area contributed by atoms with E-state index in [1.807, 2.05) is 20.8 Å². The summed E-state index contributed by atoms with van der Waals surface area (Å²) in [5.74, 6) is 0. The van der Waals surface area contributed by atoms with E-state index in [1.54, 1.807) is 34.9 Å². The van der Waals surface area contributed by atoms with Crippen molar-refractivity contribution in [2.24, 2.45) is 0 Å². The number of benzene rings is 2. The van der Waals surface area contributed by atoms with E-state index in [-0.39, 0.29) is 46.9 Å². The van der Waals surface area contributed by atoms with Crippen molar-refractivity contribution < 1.29 is 16.8 Å². The second kappa shape index (κ2) is 8.38. The highest BCUT2D eigenvalue weighted by atomic mass is 32.2. The summed E-state index contributed by atoms with van der Waals surface area (Å²) < 4.78 is 57.1. The Morgan fingerprint density at radius 3 is 1.84 bits per heavy atom. The van der Waals surface area contributed by atoms with Gasteiger partial charge in [0.2, 0.25) is 20.0 Å². The topological polar surface area (TPSA) is 96.8 Å². The molecule has 8 nitrogen and oxygen atoms in total. The zero-order valence-corrected chi connectivity index (χ0v) is 20.5. The molecule has 0 amide bonds. The van der Waals surface area contributed by atoms with E-state index >= 15 is 0 Å². The van der Waals surface area contributed by atoms with Crippen molar-refractivity contribution in [3.05, 3.63) is 57.7 Å². The first-order chi connectivity index (χ1) is 15.0. The summed E-state index contributed by atoms with van der Waals surface area (Å²) in [6, 6.07) is 11.3. The monoisotopic (exact) mass is 495 g/mol. The first-order valence-corrected chi connectivity index (χ1v) is 13.9. The van der Waals surface area contributed by atoms with Gasteiger partial charge in [0.05, 0.1) is 20.0 Å². The van der Waals surface area contributed by atoms with Gasteiger partial charge in [-0.3, -0.25) is 9.36 Å². The van der Waals surface area contributed by atoms with Gasteiger partial charge in [0.25, 0.3) is 0 Å². The summed E-state index contributed by atoms with van der Waals surface area (Å²) in [7, 11) is -7.48. The standard InChI is InChI=1S/C21H25N3O5S3/c1-15(2)24-19-9-8-18(14-20(19)30-21(24)25)32(28,29)23-12-10-22(11-13-23)31(26,27)17-6-4-16(3)5-7-17/h4-9,14-15H,10-13H2,1-3H3. The molecule has 2 aromatic carbocycles. The van der Waals surface area contributed by atoms with Crippen LogP contribution in [0.5, 0.6) is 0 Å². The molecule has 0 N–H and O–H groups in total. The molecule has 2 heterocycles. The highest BCUT2D eigenvalue weighted by molar-refractivity contribution is 7.89. The largest absolute Gasteiger partial charge is 0.308 e. The van der Waals surface area contributed by atoms with Crippen molar-refractivity contribution in [3.63, 3.8) is 0 Å². The molecule has 32 heavy (non-hydrogen) atoms. The zero-order valence-electron chi connectivity index (χ0n) is 18.1. The third kappa shape index (κ3) is 4.03. The summed E-state index contributed by atoms with van der Waals surface area (Å²) >= 11 is 1.02. The summed E-state index contributed by atoms with van der Waals surface area (Å²) in [6.07, 6.45) is 0. The second-order valence-corrected chi connectivity index (χ2v) is 13.0. The number of thiazole rings is 1. The Morgan fingerprint density at radius 1 is 0.812 bits per heavy atom. The summed E-state index contributed by atoms with van der Waals surface area (Å²) in [5, 5.41) is 0. The fourth-order valence-corrected chi connectivity index (χ4v) is 7.82. The van der Waals surface area contributed by atoms with Crippen LogP contribution < -0.4 is 4.87 Å². The summed E-state index contributed by atoms with van der Waals surface area (Å²) in [6.45, 7) is 5.98. The third-order valence-electron chi connectivity index (χ3n) is 5.60. The Kier molecular flexibility index (Phi) is 6.05. The normalized spacial score (nSPS) is 16.8. The minimum absolute atomic E-state index is 0.0257. The molecule has 0 radical (unpaired) electrons. The Bertz CT molecular complexity index is 1410. The van der Waals surface area contributed by atoms with Gasteiger partial charge in [-0.25, -0.2) is 16.8 Å². The minimum atomic E-state index is -3.81. The Labute approximate surface area is 191 Å². The lowest BCUT2D eigenvalue weighted by molar-refractivity contribution is 0.273. The third-order valence-corrected chi connectivity index (χ3v) is 10.3. The molecule has 11 heteroatoms. The lowest BCUT2D eigenvalue weighted by Crippen LogP contribution is -2.50. The molecule has 0 atom stereocenters. The molecule has 0 aliphatic carbocycles. The average Bonchev–Trinajstić information content (AvgIpc) is 3.09. The first kappa shape index (κ1) is 23.1. The van der Waals surface area contributed by atoms with Crippen molar-refractivity contribution in [1.29, 1.82) is 0 Å². The first-order valence-electron chi connectivity index (χ1n) is 10.2. The van der Waals surface area contributed by atoms with Gasteiger partial charge >= 0.3 is 4.87 Å². The van der Waals surface area contributed by atoms with Crippen molar-refractivity contribution in [2.45, 2.75) is 36.6 Å². The molecule has 4 rings (SSSR count). The van der Waals surface area contributed by atoms with Crippen LogP contribution in [0.1, 0.15) is 25.5 Å². The van der Waals surface area contributed by atoms with E-state index in [2.05, 4.69) is 0 Å². The lowest BCUT2D eigenvalue weighted by Gasteiger charge is -2.33. The van der Waals surface area contributed by atoms with Crippen LogP contribution in [-0.4, -0.2) is 56.2 Å². The zero-order chi connectivity index (χ0) is 23.3. The van der Waals surface area contributed by atoms with Crippen LogP contribution in [0.3, 0.4) is 0 Å². The van der Waals surface area contributed by atoms with E-state index in [1.165, 1.54) is 20.7 Å². The van der Waals surface area contributed by atoms with Crippen molar-refractivity contribution in [3.8, 4) is 0 Å². The van der Waals surface area contributed by atoms with E-state index in [0.717, 1.165) is 16.9 Å². The average molecular weight is 496 g/mol. The SMILES string of the molecule is Cc1ccc(S(=O)(=O)N2CCN(S(=O)(=O)c3ccc4c(c3)sc(=O)n4C(C)C)CC2)cc1. The Balaban J connectivity index is 1.55. The van der Waals surface area contributed by atoms with Gasteiger partial charge in [-0.1, -0.05) is 29.0 Å². The number of nitrogens with zero attached hydrogens (tertiary/aromatic N) is 3. The molecule has 1 aliphatic rings. The van der Waals surface area contributed by atoms with Gasteiger partial charge < -0.3 is 0 Å². The highest BCUT2D eigenvalue weighted by Gasteiger charge is 2.34. The number of aromatic nitrogens is 1. The number of rotatable bonds is 5. The van der Waals surface area contributed by atoms with E-state index in [9.17, 15) is 21.6 Å². The highest BCUT2D eigenvalue weighted by Crippen LogP contribution is 2.27. The number of hydrogen-bond acceptors (Lipinski definition) is 6. The van der Waals surface area contributed by atoms with Crippen molar-refractivity contribution >= 4 is 41.6 Å². The van der Waals surface area contributed by atoms with Crippen molar-refractivity contribution in [1.82, 2.24) is 13.2 Å². The molecular weight excluding hydrogens is 470 g/mol. The van der Waals surface area contributed by atoms with Crippen LogP contribution in [0.4, 0.5) is 0 Å². The van der Waals surface area contributed by atoms with Gasteiger partial charge in [0.1, 0.15) is 0 Å². The number of sulfonamides is 2. The maximum atomic E-state index is 13.2. The molecule has 1 saturated heterocycles. The molecule has 1 aliphatic heterocycles. The molecular formula is C21H25N3O5S3. The van der Waals surface area contributed by atoms with Crippen molar-refractivity contribution in [2.75, 3.05) is 26.2 Å². The Hall–Kier alpha value is -2.05. The smallest absolute Gasteiger partial charge is 0.296 e. The number of piperazine rings is 1. The fraction of sp³-hybridized carbons (Fsp3) is 0.381. The maximum Gasteiger partial charge on any atom is 0.308 e. The van der Waals surface area contributed by atoms with Crippen LogP contribution in [0.25, 0.3) is 10.2 Å². The molecule has 0 unspecified atom stereocenters. The fourth-order valence-electron chi connectivity index (χ4n) is 3.83. The minimum Gasteiger partial charge on any atom is -0.296 e. The maximum absolute atomic E-state index is 13.2. The molecule has 0 spiro atoms. The number of aryl methyl sites for hydroxylation is 1. The summed E-state index contributed by atoms with van der Waals surface area (Å²) in [5.41, 5.74) is 1.67. The van der Waals surface area contributed by atoms with Crippen LogP contribution in [-0.2, 0) is 20.0 Å². The van der Waals surface area contributed by atoms with Crippen LogP contribution >= 0.6 is 11.3 Å². The molecule has 1 fully saturated rings. The predicted molar refractivity (Wildman–Crippen MR) is 125 cm³/mol. The van der Waals surface area contributed by atoms with Gasteiger partial charge in [-0.15, -0.1) is 0 Å². The molecule has 0 saturated carbocycles. The lowest BCUT2D eigenvalue weighted by atomic mass is 10.2. The molecule has 0 bridgehead atoms. The summed E-state index contributed by atoms with van der Waals surface area (Å²) in [4.78, 5) is 12.5. The van der Waals surface area contributed by atoms with Gasteiger partial charge in [-0.05, 0) is 51.1 Å². The van der Waals surface area contributed by atoms with E-state index < -0.39 is 20.0 Å².